The molecule has 2 aromatic heterocycles. The molecule has 122 valence electrons. The SMILES string of the molecule is c1ccc2c(c1)OC[C@@H](CNCc1cnc(-c3ccncc3)s1)O2. The molecule has 3 aromatic rings. The van der Waals surface area contributed by atoms with Crippen LogP contribution in [0.5, 0.6) is 11.5 Å². The maximum absolute atomic E-state index is 5.94. The monoisotopic (exact) mass is 339 g/mol. The lowest BCUT2D eigenvalue weighted by Gasteiger charge is -2.26. The molecule has 0 amide bonds. The summed E-state index contributed by atoms with van der Waals surface area (Å²) < 4.78 is 11.7. The van der Waals surface area contributed by atoms with Crippen LogP contribution in [-0.4, -0.2) is 29.2 Å². The molecule has 0 unspecified atom stereocenters. The first-order valence-electron chi connectivity index (χ1n) is 7.83. The Balaban J connectivity index is 1.30. The lowest BCUT2D eigenvalue weighted by molar-refractivity contribution is 0.0903. The molecule has 1 atom stereocenters. The van der Waals surface area contributed by atoms with Crippen molar-refractivity contribution in [2.75, 3.05) is 13.2 Å². The molecule has 0 saturated heterocycles. The molecule has 6 heteroatoms. The third-order valence-corrected chi connectivity index (χ3v) is 4.77. The summed E-state index contributed by atoms with van der Waals surface area (Å²) in [6.45, 7) is 2.07. The molecule has 0 spiro atoms. The van der Waals surface area contributed by atoms with Gasteiger partial charge in [0.2, 0.25) is 0 Å². The summed E-state index contributed by atoms with van der Waals surface area (Å²) in [5.41, 5.74) is 1.10. The predicted molar refractivity (Wildman–Crippen MR) is 93.4 cm³/mol. The van der Waals surface area contributed by atoms with E-state index in [0.717, 1.165) is 35.2 Å². The standard InChI is InChI=1S/C18H17N3O2S/c1-2-4-17-16(3-1)22-12-14(23-17)9-20-10-15-11-21-18(24-15)13-5-7-19-8-6-13/h1-8,11,14,20H,9-10,12H2/t14-/m1/s1. The number of rotatable bonds is 5. The van der Waals surface area contributed by atoms with Crippen molar-refractivity contribution in [3.63, 3.8) is 0 Å². The summed E-state index contributed by atoms with van der Waals surface area (Å²) >= 11 is 1.69. The molecule has 1 aliphatic heterocycles. The minimum Gasteiger partial charge on any atom is -0.486 e. The summed E-state index contributed by atoms with van der Waals surface area (Å²) in [5.74, 6) is 1.63. The van der Waals surface area contributed by atoms with Gasteiger partial charge in [0.1, 0.15) is 17.7 Å². The molecule has 5 nitrogen and oxygen atoms in total. The van der Waals surface area contributed by atoms with Gasteiger partial charge in [0, 0.05) is 42.1 Å². The van der Waals surface area contributed by atoms with Gasteiger partial charge in [-0.15, -0.1) is 11.3 Å². The number of ether oxygens (including phenoxy) is 2. The molecule has 4 rings (SSSR count). The molecule has 1 N–H and O–H groups in total. The van der Waals surface area contributed by atoms with E-state index in [4.69, 9.17) is 9.47 Å². The van der Waals surface area contributed by atoms with E-state index >= 15 is 0 Å². The van der Waals surface area contributed by atoms with Gasteiger partial charge in [-0.05, 0) is 24.3 Å². The van der Waals surface area contributed by atoms with Crippen molar-refractivity contribution in [1.82, 2.24) is 15.3 Å². The lowest BCUT2D eigenvalue weighted by Crippen LogP contribution is -2.38. The zero-order valence-corrected chi connectivity index (χ0v) is 13.8. The number of fused-ring (bicyclic) bond motifs is 1. The van der Waals surface area contributed by atoms with Crippen molar-refractivity contribution in [1.29, 1.82) is 0 Å². The Hall–Kier alpha value is -2.44. The van der Waals surface area contributed by atoms with Crippen molar-refractivity contribution >= 4 is 11.3 Å². The van der Waals surface area contributed by atoms with Crippen LogP contribution < -0.4 is 14.8 Å². The highest BCUT2D eigenvalue weighted by Gasteiger charge is 2.20. The fraction of sp³-hybridized carbons (Fsp3) is 0.222. The minimum absolute atomic E-state index is 0.0208. The molecular weight excluding hydrogens is 322 g/mol. The quantitative estimate of drug-likeness (QED) is 0.774. The van der Waals surface area contributed by atoms with Crippen molar-refractivity contribution in [2.24, 2.45) is 0 Å². The van der Waals surface area contributed by atoms with E-state index in [0.29, 0.717) is 6.61 Å². The highest BCUT2D eigenvalue weighted by Crippen LogP contribution is 2.30. The van der Waals surface area contributed by atoms with E-state index in [-0.39, 0.29) is 6.10 Å². The Morgan fingerprint density at radius 3 is 2.83 bits per heavy atom. The maximum Gasteiger partial charge on any atom is 0.161 e. The molecule has 3 heterocycles. The Bertz CT molecular complexity index is 807. The van der Waals surface area contributed by atoms with Crippen LogP contribution in [0.25, 0.3) is 10.6 Å². The third-order valence-electron chi connectivity index (χ3n) is 3.72. The number of hydrogen-bond acceptors (Lipinski definition) is 6. The number of thiazole rings is 1. The molecule has 1 aromatic carbocycles. The molecule has 0 radical (unpaired) electrons. The zero-order valence-electron chi connectivity index (χ0n) is 13.0. The van der Waals surface area contributed by atoms with Gasteiger partial charge in [-0.1, -0.05) is 12.1 Å². The Labute approximate surface area is 144 Å². The van der Waals surface area contributed by atoms with Crippen LogP contribution in [0.2, 0.25) is 0 Å². The van der Waals surface area contributed by atoms with Crippen molar-refractivity contribution in [3.05, 3.63) is 59.9 Å². The summed E-state index contributed by atoms with van der Waals surface area (Å²) in [7, 11) is 0. The first-order chi connectivity index (χ1) is 11.9. The van der Waals surface area contributed by atoms with Gasteiger partial charge in [-0.2, -0.15) is 0 Å². The zero-order chi connectivity index (χ0) is 16.2. The van der Waals surface area contributed by atoms with Gasteiger partial charge < -0.3 is 14.8 Å². The number of benzene rings is 1. The summed E-state index contributed by atoms with van der Waals surface area (Å²) in [6.07, 6.45) is 5.51. The third kappa shape index (κ3) is 3.39. The van der Waals surface area contributed by atoms with Crippen LogP contribution in [0, 0.1) is 0 Å². The van der Waals surface area contributed by atoms with Crippen molar-refractivity contribution in [3.8, 4) is 22.1 Å². The van der Waals surface area contributed by atoms with Crippen LogP contribution in [0.3, 0.4) is 0 Å². The maximum atomic E-state index is 5.94. The molecule has 24 heavy (non-hydrogen) atoms. The average Bonchev–Trinajstić information content (AvgIpc) is 3.11. The molecule has 0 saturated carbocycles. The molecular formula is C18H17N3O2S. The number of para-hydroxylation sites is 2. The van der Waals surface area contributed by atoms with Gasteiger partial charge in [0.05, 0.1) is 0 Å². The van der Waals surface area contributed by atoms with Gasteiger partial charge in [-0.25, -0.2) is 4.98 Å². The fourth-order valence-electron chi connectivity index (χ4n) is 2.54. The molecule has 0 aliphatic carbocycles. The second kappa shape index (κ2) is 6.98. The second-order valence-electron chi connectivity index (χ2n) is 5.50. The van der Waals surface area contributed by atoms with Crippen molar-refractivity contribution in [2.45, 2.75) is 12.6 Å². The van der Waals surface area contributed by atoms with Crippen LogP contribution in [0.15, 0.2) is 55.0 Å². The molecule has 0 bridgehead atoms. The van der Waals surface area contributed by atoms with Crippen LogP contribution >= 0.6 is 11.3 Å². The van der Waals surface area contributed by atoms with Crippen LogP contribution in [0.4, 0.5) is 0 Å². The molecule has 0 fully saturated rings. The number of pyridine rings is 1. The molecule has 1 aliphatic rings. The van der Waals surface area contributed by atoms with Gasteiger partial charge >= 0.3 is 0 Å². The van der Waals surface area contributed by atoms with E-state index in [1.807, 2.05) is 42.6 Å². The Morgan fingerprint density at radius 2 is 1.96 bits per heavy atom. The summed E-state index contributed by atoms with van der Waals surface area (Å²) in [4.78, 5) is 9.70. The van der Waals surface area contributed by atoms with Crippen LogP contribution in [-0.2, 0) is 6.54 Å². The highest BCUT2D eigenvalue weighted by molar-refractivity contribution is 7.15. The predicted octanol–water partition coefficient (Wildman–Crippen LogP) is 3.13. The van der Waals surface area contributed by atoms with E-state index in [9.17, 15) is 0 Å². The van der Waals surface area contributed by atoms with Crippen molar-refractivity contribution < 1.29 is 9.47 Å². The van der Waals surface area contributed by atoms with E-state index in [1.165, 1.54) is 4.88 Å². The summed E-state index contributed by atoms with van der Waals surface area (Å²) in [6, 6.07) is 11.7. The van der Waals surface area contributed by atoms with E-state index in [2.05, 4.69) is 15.3 Å². The van der Waals surface area contributed by atoms with Gasteiger partial charge in [0.15, 0.2) is 11.5 Å². The topological polar surface area (TPSA) is 56.3 Å². The largest absolute Gasteiger partial charge is 0.486 e. The van der Waals surface area contributed by atoms with E-state index < -0.39 is 0 Å². The first kappa shape index (κ1) is 15.1. The van der Waals surface area contributed by atoms with Gasteiger partial charge in [-0.3, -0.25) is 4.98 Å². The number of hydrogen-bond donors (Lipinski definition) is 1. The number of nitrogens with one attached hydrogen (secondary N) is 1. The fourth-order valence-corrected chi connectivity index (χ4v) is 3.42. The Kier molecular flexibility index (Phi) is 4.40. The second-order valence-corrected chi connectivity index (χ2v) is 6.61. The number of nitrogens with zero attached hydrogens (tertiary/aromatic N) is 2. The minimum atomic E-state index is 0.0208. The number of aromatic nitrogens is 2. The summed E-state index contributed by atoms with van der Waals surface area (Å²) in [5, 5.41) is 4.43. The van der Waals surface area contributed by atoms with Gasteiger partial charge in [0.25, 0.3) is 0 Å². The smallest absolute Gasteiger partial charge is 0.161 e. The van der Waals surface area contributed by atoms with E-state index in [1.54, 1.807) is 23.7 Å². The Morgan fingerprint density at radius 1 is 1.12 bits per heavy atom. The normalized spacial score (nSPS) is 16.1. The van der Waals surface area contributed by atoms with Crippen LogP contribution in [0.1, 0.15) is 4.88 Å². The highest BCUT2D eigenvalue weighted by atomic mass is 32.1. The first-order valence-corrected chi connectivity index (χ1v) is 8.64. The lowest BCUT2D eigenvalue weighted by atomic mass is 10.2. The average molecular weight is 339 g/mol.